The third-order valence-electron chi connectivity index (χ3n) is 4.68. The second-order valence-corrected chi connectivity index (χ2v) is 8.81. The predicted molar refractivity (Wildman–Crippen MR) is 124 cm³/mol. The van der Waals surface area contributed by atoms with Crippen LogP contribution in [0.15, 0.2) is 65.0 Å². The van der Waals surface area contributed by atoms with Gasteiger partial charge in [0.2, 0.25) is 5.91 Å². The Balaban J connectivity index is 1.33. The van der Waals surface area contributed by atoms with Crippen LogP contribution in [0.3, 0.4) is 0 Å². The van der Waals surface area contributed by atoms with Crippen LogP contribution in [0.5, 0.6) is 11.5 Å². The Bertz CT molecular complexity index is 1230. The molecule has 0 fully saturated rings. The molecule has 0 radical (unpaired) electrons. The van der Waals surface area contributed by atoms with Gasteiger partial charge in [-0.05, 0) is 29.6 Å². The molecule has 2 aromatic carbocycles. The number of para-hydroxylation sites is 1. The Morgan fingerprint density at radius 2 is 1.90 bits per heavy atom. The van der Waals surface area contributed by atoms with Crippen molar-refractivity contribution in [1.29, 1.82) is 0 Å². The van der Waals surface area contributed by atoms with E-state index >= 15 is 0 Å². The summed E-state index contributed by atoms with van der Waals surface area (Å²) < 4.78 is 11.3. The average Bonchev–Trinajstić information content (AvgIpc) is 3.23. The lowest BCUT2D eigenvalue weighted by atomic mass is 10.2. The summed E-state index contributed by atoms with van der Waals surface area (Å²) in [4.78, 5) is 23.0. The van der Waals surface area contributed by atoms with Crippen molar-refractivity contribution in [2.24, 2.45) is 0 Å². The molecule has 0 saturated heterocycles. The highest BCUT2D eigenvalue weighted by molar-refractivity contribution is 8.00. The number of benzene rings is 2. The van der Waals surface area contributed by atoms with Crippen LogP contribution in [-0.4, -0.2) is 34.8 Å². The van der Waals surface area contributed by atoms with Gasteiger partial charge in [0.25, 0.3) is 0 Å². The number of nitrogens with one attached hydrogen (secondary N) is 1. The SMILES string of the molecule is O=C(CSc1nc(-c2cccs2)nc2ccccc12)Nc1ccc2c(c1)OCCCO2. The summed E-state index contributed by atoms with van der Waals surface area (Å²) >= 11 is 3.00. The van der Waals surface area contributed by atoms with Gasteiger partial charge in [0.05, 0.1) is 29.4 Å². The number of rotatable bonds is 5. The molecule has 31 heavy (non-hydrogen) atoms. The number of carbonyl (C=O) groups excluding carboxylic acids is 1. The van der Waals surface area contributed by atoms with Crippen molar-refractivity contribution in [2.75, 3.05) is 24.3 Å². The van der Waals surface area contributed by atoms with E-state index in [0.29, 0.717) is 36.2 Å². The van der Waals surface area contributed by atoms with Crippen molar-refractivity contribution in [1.82, 2.24) is 9.97 Å². The highest BCUT2D eigenvalue weighted by Gasteiger charge is 2.14. The summed E-state index contributed by atoms with van der Waals surface area (Å²) in [5, 5.41) is 6.67. The molecule has 0 saturated carbocycles. The number of amides is 1. The third kappa shape index (κ3) is 4.50. The van der Waals surface area contributed by atoms with Crippen molar-refractivity contribution in [3.05, 3.63) is 60.0 Å². The molecule has 1 aliphatic heterocycles. The fourth-order valence-electron chi connectivity index (χ4n) is 3.25. The van der Waals surface area contributed by atoms with Gasteiger partial charge in [-0.25, -0.2) is 9.97 Å². The molecule has 8 heteroatoms. The molecule has 156 valence electrons. The van der Waals surface area contributed by atoms with Gasteiger partial charge < -0.3 is 14.8 Å². The van der Waals surface area contributed by atoms with E-state index in [1.807, 2.05) is 53.9 Å². The number of hydrogen-bond donors (Lipinski definition) is 1. The van der Waals surface area contributed by atoms with Crippen molar-refractivity contribution >= 4 is 45.6 Å². The Morgan fingerprint density at radius 3 is 2.77 bits per heavy atom. The zero-order chi connectivity index (χ0) is 21.0. The topological polar surface area (TPSA) is 73.3 Å². The molecule has 1 amide bonds. The number of thioether (sulfide) groups is 1. The molecule has 0 bridgehead atoms. The minimum atomic E-state index is -0.111. The first kappa shape index (κ1) is 19.8. The Hall–Kier alpha value is -3.10. The second-order valence-electron chi connectivity index (χ2n) is 6.90. The first-order valence-electron chi connectivity index (χ1n) is 9.89. The monoisotopic (exact) mass is 449 g/mol. The van der Waals surface area contributed by atoms with Crippen molar-refractivity contribution < 1.29 is 14.3 Å². The van der Waals surface area contributed by atoms with E-state index in [0.717, 1.165) is 27.2 Å². The summed E-state index contributed by atoms with van der Waals surface area (Å²) in [5.74, 6) is 2.17. The Labute approximate surface area is 187 Å². The van der Waals surface area contributed by atoms with Crippen LogP contribution in [0.2, 0.25) is 0 Å². The summed E-state index contributed by atoms with van der Waals surface area (Å²) in [5.41, 5.74) is 1.55. The van der Waals surface area contributed by atoms with Gasteiger partial charge in [-0.2, -0.15) is 0 Å². The summed E-state index contributed by atoms with van der Waals surface area (Å²) in [6, 6.07) is 17.3. The first-order chi connectivity index (χ1) is 15.3. The molecule has 6 nitrogen and oxygen atoms in total. The number of thiophene rings is 1. The maximum absolute atomic E-state index is 12.6. The van der Waals surface area contributed by atoms with E-state index in [-0.39, 0.29) is 11.7 Å². The van der Waals surface area contributed by atoms with Crippen LogP contribution in [0, 0.1) is 0 Å². The fraction of sp³-hybridized carbons (Fsp3) is 0.174. The van der Waals surface area contributed by atoms with E-state index in [9.17, 15) is 4.79 Å². The van der Waals surface area contributed by atoms with Crippen LogP contribution >= 0.6 is 23.1 Å². The standard InChI is InChI=1S/C23H19N3O3S2/c27-21(24-15-8-9-18-19(13-15)29-11-4-10-28-18)14-31-23-16-5-1-2-6-17(16)25-22(26-23)20-7-3-12-30-20/h1-3,5-9,12-13H,4,10-11,14H2,(H,24,27). The minimum Gasteiger partial charge on any atom is -0.490 e. The normalized spacial score (nSPS) is 13.0. The largest absolute Gasteiger partial charge is 0.490 e. The van der Waals surface area contributed by atoms with Crippen LogP contribution in [-0.2, 0) is 4.79 Å². The third-order valence-corrected chi connectivity index (χ3v) is 6.54. The number of fused-ring (bicyclic) bond motifs is 2. The molecule has 3 heterocycles. The van der Waals surface area contributed by atoms with Gasteiger partial charge >= 0.3 is 0 Å². The Kier molecular flexibility index (Phi) is 5.73. The van der Waals surface area contributed by atoms with E-state index in [4.69, 9.17) is 14.5 Å². The van der Waals surface area contributed by atoms with Crippen molar-refractivity contribution in [2.45, 2.75) is 11.4 Å². The quantitative estimate of drug-likeness (QED) is 0.331. The maximum atomic E-state index is 12.6. The molecule has 2 aromatic heterocycles. The number of anilines is 1. The fourth-order valence-corrected chi connectivity index (χ4v) is 4.72. The molecule has 0 spiro atoms. The number of carbonyl (C=O) groups is 1. The van der Waals surface area contributed by atoms with Crippen LogP contribution in [0.25, 0.3) is 21.6 Å². The highest BCUT2D eigenvalue weighted by atomic mass is 32.2. The molecule has 1 N–H and O–H groups in total. The van der Waals surface area contributed by atoms with Gasteiger partial charge in [-0.1, -0.05) is 36.0 Å². The van der Waals surface area contributed by atoms with Gasteiger partial charge in [-0.15, -0.1) is 11.3 Å². The Morgan fingerprint density at radius 1 is 1.03 bits per heavy atom. The molecule has 0 aliphatic carbocycles. The average molecular weight is 450 g/mol. The lowest BCUT2D eigenvalue weighted by molar-refractivity contribution is -0.113. The predicted octanol–water partition coefficient (Wildman–Crippen LogP) is 5.25. The lowest BCUT2D eigenvalue weighted by Gasteiger charge is -2.11. The van der Waals surface area contributed by atoms with Crippen molar-refractivity contribution in [3.8, 4) is 22.2 Å². The van der Waals surface area contributed by atoms with Gasteiger partial charge in [0.15, 0.2) is 17.3 Å². The minimum absolute atomic E-state index is 0.111. The zero-order valence-corrected chi connectivity index (χ0v) is 18.2. The second kappa shape index (κ2) is 8.95. The molecule has 5 rings (SSSR count). The van der Waals surface area contributed by atoms with Gasteiger partial charge in [0.1, 0.15) is 5.03 Å². The van der Waals surface area contributed by atoms with E-state index < -0.39 is 0 Å². The van der Waals surface area contributed by atoms with Crippen molar-refractivity contribution in [3.63, 3.8) is 0 Å². The van der Waals surface area contributed by atoms with Crippen LogP contribution in [0.4, 0.5) is 5.69 Å². The molecule has 4 aromatic rings. The maximum Gasteiger partial charge on any atom is 0.234 e. The highest BCUT2D eigenvalue weighted by Crippen LogP contribution is 2.33. The lowest BCUT2D eigenvalue weighted by Crippen LogP contribution is -2.14. The number of ether oxygens (including phenoxy) is 2. The molecule has 0 atom stereocenters. The molecular weight excluding hydrogens is 430 g/mol. The summed E-state index contributed by atoms with van der Waals surface area (Å²) in [7, 11) is 0. The van der Waals surface area contributed by atoms with Gasteiger partial charge in [-0.3, -0.25) is 4.79 Å². The molecular formula is C23H19N3O3S2. The van der Waals surface area contributed by atoms with Crippen LogP contribution < -0.4 is 14.8 Å². The molecule has 0 unspecified atom stereocenters. The zero-order valence-electron chi connectivity index (χ0n) is 16.5. The molecule has 1 aliphatic rings. The number of aromatic nitrogens is 2. The van der Waals surface area contributed by atoms with Crippen LogP contribution in [0.1, 0.15) is 6.42 Å². The summed E-state index contributed by atoms with van der Waals surface area (Å²) in [6.07, 6.45) is 0.841. The number of hydrogen-bond acceptors (Lipinski definition) is 7. The first-order valence-corrected chi connectivity index (χ1v) is 11.8. The van der Waals surface area contributed by atoms with E-state index in [1.54, 1.807) is 17.4 Å². The smallest absolute Gasteiger partial charge is 0.234 e. The number of nitrogens with zero attached hydrogens (tertiary/aromatic N) is 2. The van der Waals surface area contributed by atoms with E-state index in [2.05, 4.69) is 10.3 Å². The summed E-state index contributed by atoms with van der Waals surface area (Å²) in [6.45, 7) is 1.24. The van der Waals surface area contributed by atoms with Gasteiger partial charge in [0, 0.05) is 23.6 Å². The van der Waals surface area contributed by atoms with E-state index in [1.165, 1.54) is 11.8 Å².